The summed E-state index contributed by atoms with van der Waals surface area (Å²) in [4.78, 5) is 70.3. The molecule has 0 aliphatic carbocycles. The van der Waals surface area contributed by atoms with Crippen LogP contribution in [-0.2, 0) is 24.9 Å². The number of alkyl carbamates (subject to hydrolysis) is 1. The molecule has 4 rings (SSSR count). The van der Waals surface area contributed by atoms with Gasteiger partial charge in [-0.25, -0.2) is 9.59 Å². The van der Waals surface area contributed by atoms with Gasteiger partial charge in [0.05, 0.1) is 17.0 Å². The number of nitrogens with one attached hydrogen (secondary N) is 1. The molecule has 230 valence electrons. The number of hydrogen-bond donors (Lipinski definition) is 1. The van der Waals surface area contributed by atoms with Gasteiger partial charge in [0, 0.05) is 38.8 Å². The summed E-state index contributed by atoms with van der Waals surface area (Å²) in [7, 11) is 1.46. The molecule has 0 bridgehead atoms. The van der Waals surface area contributed by atoms with Crippen molar-refractivity contribution in [2.24, 2.45) is 7.05 Å². The maximum Gasteiger partial charge on any atom is 0.407 e. The number of hydrogen-bond acceptors (Lipinski definition) is 9. The Bertz CT molecular complexity index is 1720. The van der Waals surface area contributed by atoms with Gasteiger partial charge in [-0.3, -0.25) is 28.8 Å². The minimum absolute atomic E-state index is 0.118. The molecule has 1 atom stereocenters. The van der Waals surface area contributed by atoms with E-state index in [2.05, 4.69) is 5.32 Å². The third-order valence-corrected chi connectivity index (χ3v) is 7.02. The molecule has 43 heavy (non-hydrogen) atoms. The zero-order valence-corrected chi connectivity index (χ0v) is 25.2. The number of rotatable bonds is 8. The van der Waals surface area contributed by atoms with Crippen LogP contribution in [0.3, 0.4) is 0 Å². The van der Waals surface area contributed by atoms with E-state index in [1.807, 2.05) is 24.8 Å². The molecule has 1 fully saturated rings. The summed E-state index contributed by atoms with van der Waals surface area (Å²) in [6.07, 6.45) is 2.85. The Morgan fingerprint density at radius 2 is 1.88 bits per heavy atom. The van der Waals surface area contributed by atoms with Crippen LogP contribution in [-0.4, -0.2) is 60.2 Å². The number of ketones is 1. The summed E-state index contributed by atoms with van der Waals surface area (Å²) in [5, 5.41) is 14.4. The van der Waals surface area contributed by atoms with E-state index in [0.717, 1.165) is 23.0 Å². The number of allylic oxidation sites excluding steroid dienone is 2. The molecule has 0 unspecified atom stereocenters. The average Bonchev–Trinajstić information content (AvgIpc) is 3.32. The van der Waals surface area contributed by atoms with Gasteiger partial charge in [0.2, 0.25) is 5.95 Å². The Labute approximate surface area is 247 Å². The van der Waals surface area contributed by atoms with E-state index in [1.54, 1.807) is 25.3 Å². The Hall–Kier alpha value is -4.75. The minimum atomic E-state index is -0.772. The maximum atomic E-state index is 13.9. The molecule has 1 amide bonds. The molecule has 0 saturated carbocycles. The first-order valence-electron chi connectivity index (χ1n) is 14.0. The van der Waals surface area contributed by atoms with Crippen LogP contribution in [0.2, 0.25) is 0 Å². The normalized spacial score (nSPS) is 15.3. The van der Waals surface area contributed by atoms with Crippen LogP contribution >= 0.6 is 0 Å². The smallest absolute Gasteiger partial charge is 0.407 e. The number of para-hydroxylation sites is 1. The minimum Gasteiger partial charge on any atom is -0.444 e. The second-order valence-electron chi connectivity index (χ2n) is 11.8. The number of benzene rings is 1. The Balaban J connectivity index is 1.78. The number of aromatic nitrogens is 4. The molecule has 1 aromatic carbocycles. The lowest BCUT2D eigenvalue weighted by Crippen LogP contribution is -2.49. The molecule has 3 aromatic rings. The predicted molar refractivity (Wildman–Crippen MR) is 161 cm³/mol. The molecule has 14 nitrogen and oxygen atoms in total. The van der Waals surface area contributed by atoms with Gasteiger partial charge < -0.3 is 19.5 Å². The summed E-state index contributed by atoms with van der Waals surface area (Å²) < 4.78 is 9.10. The molecule has 0 spiro atoms. The van der Waals surface area contributed by atoms with E-state index >= 15 is 0 Å². The molecule has 1 N–H and O–H groups in total. The zero-order chi connectivity index (χ0) is 31.6. The largest absolute Gasteiger partial charge is 0.444 e. The molecule has 2 aromatic heterocycles. The predicted octanol–water partition coefficient (Wildman–Crippen LogP) is 3.15. The number of piperidine rings is 1. The maximum absolute atomic E-state index is 13.9. The molecule has 14 heteroatoms. The Kier molecular flexibility index (Phi) is 8.88. The fourth-order valence-electron chi connectivity index (χ4n) is 5.04. The van der Waals surface area contributed by atoms with Crippen molar-refractivity contribution < 1.29 is 19.2 Å². The highest BCUT2D eigenvalue weighted by atomic mass is 16.6. The summed E-state index contributed by atoms with van der Waals surface area (Å²) in [5.74, 6) is -0.299. The van der Waals surface area contributed by atoms with Gasteiger partial charge >= 0.3 is 11.8 Å². The summed E-state index contributed by atoms with van der Waals surface area (Å²) in [6, 6.07) is 5.17. The number of imidazole rings is 1. The van der Waals surface area contributed by atoms with Gasteiger partial charge in [0.25, 0.3) is 11.2 Å². The number of Topliss-reactive ketones (excluding diaryl/α,β-unsaturated/α-hetero) is 1. The molecular weight excluding hydrogens is 558 g/mol. The van der Waals surface area contributed by atoms with Crippen molar-refractivity contribution in [2.75, 3.05) is 18.0 Å². The van der Waals surface area contributed by atoms with Crippen LogP contribution in [0.5, 0.6) is 0 Å². The van der Waals surface area contributed by atoms with Gasteiger partial charge in [0.15, 0.2) is 16.9 Å². The first kappa shape index (κ1) is 31.2. The van der Waals surface area contributed by atoms with Crippen LogP contribution in [0.25, 0.3) is 11.2 Å². The number of ether oxygens (including phenoxy) is 1. The van der Waals surface area contributed by atoms with Gasteiger partial charge in [-0.1, -0.05) is 23.8 Å². The molecule has 1 aliphatic rings. The van der Waals surface area contributed by atoms with Gasteiger partial charge in [-0.2, -0.15) is 4.98 Å². The topological polar surface area (TPSA) is 164 Å². The molecule has 0 radical (unpaired) electrons. The van der Waals surface area contributed by atoms with E-state index in [0.29, 0.717) is 19.0 Å². The summed E-state index contributed by atoms with van der Waals surface area (Å²) >= 11 is 0. The zero-order valence-electron chi connectivity index (χ0n) is 25.2. The lowest BCUT2D eigenvalue weighted by atomic mass is 10.1. The third kappa shape index (κ3) is 6.84. The van der Waals surface area contributed by atoms with Crippen molar-refractivity contribution in [3.8, 4) is 0 Å². The highest BCUT2D eigenvalue weighted by molar-refractivity contribution is 5.99. The number of carbonyl (C=O) groups excluding carboxylic acids is 2. The van der Waals surface area contributed by atoms with Crippen molar-refractivity contribution in [1.82, 2.24) is 24.0 Å². The van der Waals surface area contributed by atoms with E-state index in [1.165, 1.54) is 35.9 Å². The van der Waals surface area contributed by atoms with E-state index in [-0.39, 0.29) is 29.3 Å². The number of nitro benzene ring substituents is 1. The summed E-state index contributed by atoms with van der Waals surface area (Å²) in [5.41, 5.74) is -1.50. The second kappa shape index (κ2) is 12.2. The lowest BCUT2D eigenvalue weighted by molar-refractivity contribution is -0.385. The number of nitro groups is 1. The monoisotopic (exact) mass is 595 g/mol. The van der Waals surface area contributed by atoms with Crippen molar-refractivity contribution in [1.29, 1.82) is 0 Å². The van der Waals surface area contributed by atoms with Crippen LogP contribution < -0.4 is 21.5 Å². The van der Waals surface area contributed by atoms with E-state index < -0.39 is 45.9 Å². The van der Waals surface area contributed by atoms with Gasteiger partial charge in [0.1, 0.15) is 5.60 Å². The van der Waals surface area contributed by atoms with Crippen molar-refractivity contribution in [3.05, 3.63) is 72.4 Å². The second-order valence-corrected chi connectivity index (χ2v) is 11.8. The van der Waals surface area contributed by atoms with E-state index in [4.69, 9.17) is 9.72 Å². The number of anilines is 1. The van der Waals surface area contributed by atoms with Gasteiger partial charge in [-0.05, 0) is 53.5 Å². The SMILES string of the molecule is CC(C)=CCn1c(N2CCC[C@H](NC(=O)OC(C)(C)C)C2)nc2c1c(=O)n(CC(=O)c1ccccc1[N+](=O)[O-])c(=O)n2C. The van der Waals surface area contributed by atoms with Crippen molar-refractivity contribution >= 4 is 34.7 Å². The fourth-order valence-corrected chi connectivity index (χ4v) is 5.04. The first-order valence-corrected chi connectivity index (χ1v) is 14.0. The van der Waals surface area contributed by atoms with Crippen LogP contribution in [0, 0.1) is 10.1 Å². The molecular formula is C29H37N7O7. The van der Waals surface area contributed by atoms with Crippen LogP contribution in [0.15, 0.2) is 45.5 Å². The number of nitrogens with zero attached hydrogens (tertiary/aromatic N) is 6. The average molecular weight is 596 g/mol. The highest BCUT2D eigenvalue weighted by Gasteiger charge is 2.30. The number of amides is 1. The quantitative estimate of drug-likeness (QED) is 0.178. The first-order chi connectivity index (χ1) is 20.2. The van der Waals surface area contributed by atoms with Gasteiger partial charge in [-0.15, -0.1) is 0 Å². The Morgan fingerprint density at radius 1 is 1.19 bits per heavy atom. The van der Waals surface area contributed by atoms with Crippen LogP contribution in [0.4, 0.5) is 16.4 Å². The number of fused-ring (bicyclic) bond motifs is 1. The summed E-state index contributed by atoms with van der Waals surface area (Å²) in [6.45, 7) is 9.78. The highest BCUT2D eigenvalue weighted by Crippen LogP contribution is 2.24. The van der Waals surface area contributed by atoms with Crippen molar-refractivity contribution in [3.63, 3.8) is 0 Å². The molecule has 1 aliphatic heterocycles. The third-order valence-electron chi connectivity index (χ3n) is 7.02. The van der Waals surface area contributed by atoms with Crippen molar-refractivity contribution in [2.45, 2.75) is 72.2 Å². The lowest BCUT2D eigenvalue weighted by Gasteiger charge is -2.34. The van der Waals surface area contributed by atoms with Crippen LogP contribution in [0.1, 0.15) is 57.8 Å². The number of carbonyl (C=O) groups is 2. The van der Waals surface area contributed by atoms with E-state index in [9.17, 15) is 29.3 Å². The Morgan fingerprint density at radius 3 is 2.53 bits per heavy atom. The fraction of sp³-hybridized carbons (Fsp3) is 0.483. The molecule has 1 saturated heterocycles. The number of aryl methyl sites for hydroxylation is 1. The molecule has 3 heterocycles. The standard InChI is InChI=1S/C29H37N7O7/c1-18(2)13-15-34-23-24(31-26(34)33-14-9-10-19(16-33)30-27(39)43-29(3,4)5)32(6)28(40)35(25(23)38)17-22(37)20-11-7-8-12-21(20)36(41)42/h7-8,11-13,19H,9-10,14-17H2,1-6H3,(H,30,39)/t19-/m0/s1.